The minimum absolute atomic E-state index is 0.204. The number of pyridine rings is 2. The predicted octanol–water partition coefficient (Wildman–Crippen LogP) is 3.57. The molecule has 3 rings (SSSR count). The molecule has 2 heterocycles. The summed E-state index contributed by atoms with van der Waals surface area (Å²) in [6.07, 6.45) is 2.51. The molecule has 0 saturated heterocycles. The minimum Gasteiger partial charge on any atom is -0.506 e. The molecule has 1 aromatic carbocycles. The molecule has 1 amide bonds. The van der Waals surface area contributed by atoms with E-state index < -0.39 is 11.5 Å². The van der Waals surface area contributed by atoms with E-state index in [9.17, 15) is 14.7 Å². The summed E-state index contributed by atoms with van der Waals surface area (Å²) in [6.45, 7) is 6.45. The number of hydrogen-bond donors (Lipinski definition) is 2. The second-order valence-electron chi connectivity index (χ2n) is 6.91. The Morgan fingerprint density at radius 3 is 2.59 bits per heavy atom. The van der Waals surface area contributed by atoms with Crippen molar-refractivity contribution in [2.24, 2.45) is 5.92 Å². The van der Waals surface area contributed by atoms with Gasteiger partial charge in [-0.15, -0.1) is 0 Å². The average molecular weight is 365 g/mol. The van der Waals surface area contributed by atoms with Gasteiger partial charge in [-0.2, -0.15) is 0 Å². The van der Waals surface area contributed by atoms with Crippen molar-refractivity contribution in [3.8, 4) is 5.75 Å². The lowest BCUT2D eigenvalue weighted by Gasteiger charge is -2.16. The highest BCUT2D eigenvalue weighted by Gasteiger charge is 2.22. The molecule has 0 fully saturated rings. The lowest BCUT2D eigenvalue weighted by Crippen LogP contribution is -2.31. The Labute approximate surface area is 157 Å². The van der Waals surface area contributed by atoms with E-state index in [-0.39, 0.29) is 17.2 Å². The summed E-state index contributed by atoms with van der Waals surface area (Å²) in [5.74, 6) is -0.440. The first-order chi connectivity index (χ1) is 12.9. The van der Waals surface area contributed by atoms with Gasteiger partial charge < -0.3 is 15.0 Å². The quantitative estimate of drug-likeness (QED) is 0.724. The SMILES string of the molecule is CCc1ccc(NC(=O)c2c(O)c3ccccc3n(CC(C)C)c2=O)nc1. The molecule has 2 aromatic heterocycles. The summed E-state index contributed by atoms with van der Waals surface area (Å²) in [4.78, 5) is 29.9. The molecule has 6 heteroatoms. The molecule has 0 aliphatic carbocycles. The molecule has 6 nitrogen and oxygen atoms in total. The highest BCUT2D eigenvalue weighted by molar-refractivity contribution is 6.08. The fourth-order valence-corrected chi connectivity index (χ4v) is 3.03. The van der Waals surface area contributed by atoms with Crippen molar-refractivity contribution in [3.63, 3.8) is 0 Å². The second-order valence-corrected chi connectivity index (χ2v) is 6.91. The molecule has 140 valence electrons. The fourth-order valence-electron chi connectivity index (χ4n) is 3.03. The summed E-state index contributed by atoms with van der Waals surface area (Å²) in [7, 11) is 0. The number of hydrogen-bond acceptors (Lipinski definition) is 4. The van der Waals surface area contributed by atoms with Crippen LogP contribution in [-0.4, -0.2) is 20.6 Å². The van der Waals surface area contributed by atoms with E-state index in [4.69, 9.17) is 0 Å². The van der Waals surface area contributed by atoms with E-state index in [2.05, 4.69) is 10.3 Å². The number of aromatic hydroxyl groups is 1. The van der Waals surface area contributed by atoms with Gasteiger partial charge in [0, 0.05) is 18.1 Å². The number of carbonyl (C=O) groups is 1. The molecule has 0 saturated carbocycles. The van der Waals surface area contributed by atoms with Crippen LogP contribution in [0.4, 0.5) is 5.82 Å². The molecule has 27 heavy (non-hydrogen) atoms. The molecule has 0 aliphatic heterocycles. The standard InChI is InChI=1S/C21H23N3O3/c1-4-14-9-10-17(22-11-14)23-20(26)18-19(25)15-7-5-6-8-16(15)24(21(18)27)12-13(2)3/h5-11,13,25H,4,12H2,1-3H3,(H,22,23,26). The third-order valence-corrected chi connectivity index (χ3v) is 4.40. The van der Waals surface area contributed by atoms with Gasteiger partial charge in [0.05, 0.1) is 5.52 Å². The number of para-hydroxylation sites is 1. The summed E-state index contributed by atoms with van der Waals surface area (Å²) < 4.78 is 1.54. The van der Waals surface area contributed by atoms with Crippen LogP contribution in [0.15, 0.2) is 47.4 Å². The zero-order valence-corrected chi connectivity index (χ0v) is 15.7. The zero-order chi connectivity index (χ0) is 19.6. The molecular formula is C21H23N3O3. The Hall–Kier alpha value is -3.15. The number of fused-ring (bicyclic) bond motifs is 1. The first kappa shape index (κ1) is 18.6. The van der Waals surface area contributed by atoms with Crippen molar-refractivity contribution in [1.29, 1.82) is 0 Å². The van der Waals surface area contributed by atoms with E-state index in [1.54, 1.807) is 41.1 Å². The molecule has 0 aliphatic rings. The molecule has 0 spiro atoms. The Bertz CT molecular complexity index is 1040. The highest BCUT2D eigenvalue weighted by atomic mass is 16.3. The van der Waals surface area contributed by atoms with Gasteiger partial charge in [0.25, 0.3) is 11.5 Å². The largest absolute Gasteiger partial charge is 0.506 e. The topological polar surface area (TPSA) is 84.2 Å². The Morgan fingerprint density at radius 2 is 1.96 bits per heavy atom. The third-order valence-electron chi connectivity index (χ3n) is 4.40. The van der Waals surface area contributed by atoms with Crippen LogP contribution >= 0.6 is 0 Å². The van der Waals surface area contributed by atoms with Crippen LogP contribution in [0.3, 0.4) is 0 Å². The lowest BCUT2D eigenvalue weighted by molar-refractivity contribution is 0.102. The Balaban J connectivity index is 2.09. The van der Waals surface area contributed by atoms with Crippen LogP contribution in [-0.2, 0) is 13.0 Å². The van der Waals surface area contributed by atoms with Gasteiger partial charge in [-0.25, -0.2) is 4.98 Å². The summed E-state index contributed by atoms with van der Waals surface area (Å²) in [5, 5.41) is 13.7. The summed E-state index contributed by atoms with van der Waals surface area (Å²) in [6, 6.07) is 10.6. The molecule has 2 N–H and O–H groups in total. The maximum Gasteiger partial charge on any atom is 0.267 e. The number of rotatable bonds is 5. The number of amides is 1. The van der Waals surface area contributed by atoms with Crippen LogP contribution in [0.2, 0.25) is 0 Å². The second kappa shape index (κ2) is 7.61. The Morgan fingerprint density at radius 1 is 1.22 bits per heavy atom. The van der Waals surface area contributed by atoms with Crippen LogP contribution in [0, 0.1) is 5.92 Å². The third kappa shape index (κ3) is 3.69. The average Bonchev–Trinajstić information content (AvgIpc) is 2.65. The molecular weight excluding hydrogens is 342 g/mol. The van der Waals surface area contributed by atoms with E-state index >= 15 is 0 Å². The van der Waals surface area contributed by atoms with Crippen LogP contribution in [0.5, 0.6) is 5.75 Å². The van der Waals surface area contributed by atoms with Crippen LogP contribution < -0.4 is 10.9 Å². The van der Waals surface area contributed by atoms with E-state index in [1.165, 1.54) is 0 Å². The van der Waals surface area contributed by atoms with Gasteiger partial charge in [0.1, 0.15) is 17.1 Å². The van der Waals surface area contributed by atoms with Gasteiger partial charge in [-0.1, -0.05) is 39.0 Å². The number of benzene rings is 1. The number of aryl methyl sites for hydroxylation is 1. The van der Waals surface area contributed by atoms with Crippen molar-refractivity contribution in [1.82, 2.24) is 9.55 Å². The number of anilines is 1. The maximum atomic E-state index is 13.0. The van der Waals surface area contributed by atoms with Crippen molar-refractivity contribution in [2.45, 2.75) is 33.7 Å². The molecule has 0 atom stereocenters. The van der Waals surface area contributed by atoms with E-state index in [0.29, 0.717) is 23.3 Å². The van der Waals surface area contributed by atoms with Crippen LogP contribution in [0.1, 0.15) is 36.7 Å². The first-order valence-corrected chi connectivity index (χ1v) is 9.03. The van der Waals surface area contributed by atoms with Crippen LogP contribution in [0.25, 0.3) is 10.9 Å². The Kier molecular flexibility index (Phi) is 5.26. The van der Waals surface area contributed by atoms with Crippen molar-refractivity contribution in [3.05, 3.63) is 64.1 Å². The number of nitrogens with zero attached hydrogens (tertiary/aromatic N) is 2. The molecule has 0 bridgehead atoms. The van der Waals surface area contributed by atoms with E-state index in [1.807, 2.05) is 26.8 Å². The molecule has 3 aromatic rings. The zero-order valence-electron chi connectivity index (χ0n) is 15.7. The number of nitrogens with one attached hydrogen (secondary N) is 1. The van der Waals surface area contributed by atoms with Gasteiger partial charge >= 0.3 is 0 Å². The highest BCUT2D eigenvalue weighted by Crippen LogP contribution is 2.27. The lowest BCUT2D eigenvalue weighted by atomic mass is 10.1. The van der Waals surface area contributed by atoms with Gasteiger partial charge in [0.2, 0.25) is 0 Å². The normalized spacial score (nSPS) is 11.1. The predicted molar refractivity (Wildman–Crippen MR) is 106 cm³/mol. The van der Waals surface area contributed by atoms with E-state index in [0.717, 1.165) is 12.0 Å². The maximum absolute atomic E-state index is 13.0. The minimum atomic E-state index is -0.669. The van der Waals surface area contributed by atoms with Crippen molar-refractivity contribution >= 4 is 22.6 Å². The van der Waals surface area contributed by atoms with Crippen molar-refractivity contribution < 1.29 is 9.90 Å². The smallest absolute Gasteiger partial charge is 0.267 e. The number of aromatic nitrogens is 2. The first-order valence-electron chi connectivity index (χ1n) is 9.03. The number of carbonyl (C=O) groups excluding carboxylic acids is 1. The fraction of sp³-hybridized carbons (Fsp3) is 0.286. The summed E-state index contributed by atoms with van der Waals surface area (Å²) >= 11 is 0. The van der Waals surface area contributed by atoms with Gasteiger partial charge in [-0.05, 0) is 36.1 Å². The van der Waals surface area contributed by atoms with Gasteiger partial charge in [0.15, 0.2) is 0 Å². The van der Waals surface area contributed by atoms with Crippen molar-refractivity contribution in [2.75, 3.05) is 5.32 Å². The monoisotopic (exact) mass is 365 g/mol. The molecule has 0 unspecified atom stereocenters. The van der Waals surface area contributed by atoms with Gasteiger partial charge in [-0.3, -0.25) is 9.59 Å². The summed E-state index contributed by atoms with van der Waals surface area (Å²) in [5.41, 5.74) is 0.870. The molecule has 0 radical (unpaired) electrons.